The molecule has 11 heteroatoms. The van der Waals surface area contributed by atoms with E-state index in [0.717, 1.165) is 5.56 Å². The highest BCUT2D eigenvalue weighted by atomic mass is 19.1. The summed E-state index contributed by atoms with van der Waals surface area (Å²) in [4.78, 5) is 17.3. The number of hydrogen-bond acceptors (Lipinski definition) is 9. The number of hydrogen-bond donors (Lipinski definition) is 1. The van der Waals surface area contributed by atoms with Gasteiger partial charge in [-0.05, 0) is 12.1 Å². The summed E-state index contributed by atoms with van der Waals surface area (Å²) in [7, 11) is 1.58. The molecule has 1 aliphatic rings. The van der Waals surface area contributed by atoms with Gasteiger partial charge in [0.05, 0.1) is 19.4 Å². The van der Waals surface area contributed by atoms with Crippen molar-refractivity contribution in [3.8, 4) is 29.0 Å². The number of methoxy groups -OCH3 is 1. The molecule has 4 heterocycles. The fourth-order valence-electron chi connectivity index (χ4n) is 3.79. The van der Waals surface area contributed by atoms with Crippen molar-refractivity contribution in [1.29, 1.82) is 5.26 Å². The average Bonchev–Trinajstić information content (AvgIpc) is 3.51. The third-order valence-corrected chi connectivity index (χ3v) is 5.43. The fraction of sp³-hybridized carbons (Fsp3) is 0.261. The zero-order valence-electron chi connectivity index (χ0n) is 18.3. The van der Waals surface area contributed by atoms with Gasteiger partial charge >= 0.3 is 6.01 Å². The predicted octanol–water partition coefficient (Wildman–Crippen LogP) is 2.77. The minimum Gasteiger partial charge on any atom is -0.493 e. The quantitative estimate of drug-likeness (QED) is 0.395. The molecule has 172 valence electrons. The molecule has 5 rings (SSSR count). The second kappa shape index (κ2) is 9.29. The normalized spacial score (nSPS) is 12.3. The largest absolute Gasteiger partial charge is 0.493 e. The molecule has 0 radical (unpaired) electrons. The van der Waals surface area contributed by atoms with E-state index >= 15 is 0 Å². The van der Waals surface area contributed by atoms with Crippen LogP contribution in [0.15, 0.2) is 36.9 Å². The van der Waals surface area contributed by atoms with E-state index in [0.29, 0.717) is 60.3 Å². The Bertz CT molecular complexity index is 1380. The highest BCUT2D eigenvalue weighted by Gasteiger charge is 2.20. The zero-order chi connectivity index (χ0) is 23.5. The lowest BCUT2D eigenvalue weighted by atomic mass is 10.0. The van der Waals surface area contributed by atoms with Crippen LogP contribution < -0.4 is 14.8 Å². The number of halogens is 1. The first-order valence-corrected chi connectivity index (χ1v) is 10.6. The van der Waals surface area contributed by atoms with Gasteiger partial charge in [-0.25, -0.2) is 24.3 Å². The van der Waals surface area contributed by atoms with Gasteiger partial charge in [0.1, 0.15) is 24.2 Å². The van der Waals surface area contributed by atoms with Gasteiger partial charge < -0.3 is 19.5 Å². The summed E-state index contributed by atoms with van der Waals surface area (Å²) in [5, 5.41) is 12.6. The van der Waals surface area contributed by atoms with Crippen LogP contribution in [-0.4, -0.2) is 51.3 Å². The number of benzene rings is 1. The van der Waals surface area contributed by atoms with Crippen LogP contribution in [0.5, 0.6) is 11.8 Å². The van der Waals surface area contributed by atoms with Gasteiger partial charge in [0, 0.05) is 60.9 Å². The molecule has 10 nitrogen and oxygen atoms in total. The van der Waals surface area contributed by atoms with Crippen LogP contribution in [0.4, 0.5) is 10.3 Å². The van der Waals surface area contributed by atoms with Crippen molar-refractivity contribution in [2.45, 2.75) is 13.0 Å². The van der Waals surface area contributed by atoms with Gasteiger partial charge in [-0.1, -0.05) is 0 Å². The highest BCUT2D eigenvalue weighted by Crippen LogP contribution is 2.31. The Balaban J connectivity index is 1.44. The Morgan fingerprint density at radius 2 is 2.06 bits per heavy atom. The average molecular weight is 461 g/mol. The minimum absolute atomic E-state index is 0.205. The number of ether oxygens (including phenoxy) is 3. The van der Waals surface area contributed by atoms with E-state index in [1.165, 1.54) is 6.07 Å². The third-order valence-electron chi connectivity index (χ3n) is 5.43. The smallest absolute Gasteiger partial charge is 0.316 e. The number of anilines is 1. The van der Waals surface area contributed by atoms with Gasteiger partial charge in [0.25, 0.3) is 0 Å². The van der Waals surface area contributed by atoms with E-state index in [4.69, 9.17) is 14.2 Å². The van der Waals surface area contributed by atoms with E-state index in [1.54, 1.807) is 42.4 Å². The molecule has 0 fully saturated rings. The van der Waals surface area contributed by atoms with E-state index < -0.39 is 0 Å². The first-order valence-electron chi connectivity index (χ1n) is 10.6. The van der Waals surface area contributed by atoms with E-state index in [9.17, 15) is 9.65 Å². The van der Waals surface area contributed by atoms with Crippen LogP contribution in [0, 0.1) is 17.1 Å². The molecule has 0 saturated heterocycles. The molecule has 0 atom stereocenters. The maximum atomic E-state index is 14.5. The fourth-order valence-corrected chi connectivity index (χ4v) is 3.79. The van der Waals surface area contributed by atoms with E-state index in [-0.39, 0.29) is 24.1 Å². The summed E-state index contributed by atoms with van der Waals surface area (Å²) in [6, 6.07) is 5.33. The molecule has 1 aliphatic heterocycles. The van der Waals surface area contributed by atoms with Crippen molar-refractivity contribution in [3.63, 3.8) is 0 Å². The summed E-state index contributed by atoms with van der Waals surface area (Å²) < 4.78 is 32.1. The molecular formula is C23H20FN7O3. The Hall–Kier alpha value is -4.30. The molecule has 4 aromatic rings. The van der Waals surface area contributed by atoms with Crippen LogP contribution >= 0.6 is 0 Å². The maximum Gasteiger partial charge on any atom is 0.316 e. The number of nitrogens with zero attached hydrogens (tertiary/aromatic N) is 6. The van der Waals surface area contributed by atoms with Crippen LogP contribution in [0.25, 0.3) is 16.8 Å². The summed E-state index contributed by atoms with van der Waals surface area (Å²) in [6.45, 7) is 1.51. The standard InChI is InChI=1S/C23H20FN7O3/c1-32-6-7-34-23-28-9-14(10-29-23)17-11-26-22(31-13-15(8-25)30-21(17)31)27-12-18-16-4-5-33-20(16)3-2-19(18)24/h2-3,9-11,13H,4-7,12H2,1H3,(H,26,27). The van der Waals surface area contributed by atoms with Crippen molar-refractivity contribution in [2.24, 2.45) is 0 Å². The molecule has 0 amide bonds. The Kier molecular flexibility index (Phi) is 5.88. The third kappa shape index (κ3) is 4.06. The molecule has 0 saturated carbocycles. The molecule has 1 aromatic carbocycles. The van der Waals surface area contributed by atoms with Gasteiger partial charge in [0.15, 0.2) is 11.3 Å². The molecular weight excluding hydrogens is 441 g/mol. The minimum atomic E-state index is -0.307. The molecule has 0 aliphatic carbocycles. The Morgan fingerprint density at radius 1 is 1.21 bits per heavy atom. The lowest BCUT2D eigenvalue weighted by Gasteiger charge is -2.13. The number of nitrogens with one attached hydrogen (secondary N) is 1. The van der Waals surface area contributed by atoms with Crippen molar-refractivity contribution in [2.75, 3.05) is 32.2 Å². The topological polar surface area (TPSA) is 119 Å². The van der Waals surface area contributed by atoms with Crippen LogP contribution in [0.1, 0.15) is 16.8 Å². The van der Waals surface area contributed by atoms with Crippen molar-refractivity contribution >= 4 is 11.6 Å². The Labute approximate surface area is 194 Å². The van der Waals surface area contributed by atoms with Gasteiger partial charge in [-0.2, -0.15) is 5.26 Å². The van der Waals surface area contributed by atoms with Gasteiger partial charge in [-0.3, -0.25) is 4.40 Å². The number of aromatic nitrogens is 5. The second-order valence-corrected chi connectivity index (χ2v) is 7.48. The van der Waals surface area contributed by atoms with Crippen LogP contribution in [0.3, 0.4) is 0 Å². The molecule has 0 unspecified atom stereocenters. The lowest BCUT2D eigenvalue weighted by molar-refractivity contribution is 0.141. The maximum absolute atomic E-state index is 14.5. The monoisotopic (exact) mass is 461 g/mol. The number of fused-ring (bicyclic) bond motifs is 2. The summed E-state index contributed by atoms with van der Waals surface area (Å²) in [5.74, 6) is 0.817. The van der Waals surface area contributed by atoms with Crippen molar-refractivity contribution in [3.05, 3.63) is 59.6 Å². The molecule has 1 N–H and O–H groups in total. The zero-order valence-corrected chi connectivity index (χ0v) is 18.3. The van der Waals surface area contributed by atoms with E-state index in [2.05, 4.69) is 25.3 Å². The van der Waals surface area contributed by atoms with Gasteiger partial charge in [0.2, 0.25) is 5.95 Å². The lowest BCUT2D eigenvalue weighted by Crippen LogP contribution is -2.10. The molecule has 0 bridgehead atoms. The summed E-state index contributed by atoms with van der Waals surface area (Å²) >= 11 is 0. The molecule has 3 aromatic heterocycles. The number of nitriles is 1. The Morgan fingerprint density at radius 3 is 2.85 bits per heavy atom. The van der Waals surface area contributed by atoms with E-state index in [1.807, 2.05) is 6.07 Å². The second-order valence-electron chi connectivity index (χ2n) is 7.48. The SMILES string of the molecule is COCCOc1ncc(-c2cnc(NCc3c(F)ccc4c3CCO4)n3cc(C#N)nc23)cn1. The number of rotatable bonds is 8. The number of imidazole rings is 1. The van der Waals surface area contributed by atoms with Crippen molar-refractivity contribution < 1.29 is 18.6 Å². The summed E-state index contributed by atoms with van der Waals surface area (Å²) in [5.41, 5.74) is 3.39. The van der Waals surface area contributed by atoms with Crippen LogP contribution in [-0.2, 0) is 17.7 Å². The molecule has 0 spiro atoms. The first-order chi connectivity index (χ1) is 16.7. The molecule has 34 heavy (non-hydrogen) atoms. The van der Waals surface area contributed by atoms with Gasteiger partial charge in [-0.15, -0.1) is 0 Å². The highest BCUT2D eigenvalue weighted by molar-refractivity contribution is 5.77. The van der Waals surface area contributed by atoms with Crippen molar-refractivity contribution in [1.82, 2.24) is 24.3 Å². The predicted molar refractivity (Wildman–Crippen MR) is 119 cm³/mol. The summed E-state index contributed by atoms with van der Waals surface area (Å²) in [6.07, 6.45) is 7.04. The van der Waals surface area contributed by atoms with Crippen LogP contribution in [0.2, 0.25) is 0 Å². The first kappa shape index (κ1) is 21.5.